The minimum atomic E-state index is -3.59. The van der Waals surface area contributed by atoms with E-state index in [1.807, 2.05) is 0 Å². The molecule has 0 radical (unpaired) electrons. The van der Waals surface area contributed by atoms with Gasteiger partial charge in [0.1, 0.15) is 11.6 Å². The van der Waals surface area contributed by atoms with E-state index in [1.54, 1.807) is 60.7 Å². The van der Waals surface area contributed by atoms with Crippen molar-refractivity contribution in [2.45, 2.75) is 13.1 Å². The minimum Gasteiger partial charge on any atom is -0.465 e. The van der Waals surface area contributed by atoms with Gasteiger partial charge in [-0.15, -0.1) is 0 Å². The molecule has 10 nitrogen and oxygen atoms in total. The second kappa shape index (κ2) is 15.6. The summed E-state index contributed by atoms with van der Waals surface area (Å²) in [6.07, 6.45) is 2.12. The number of hydrogen-bond acceptors (Lipinski definition) is 8. The Morgan fingerprint density at radius 2 is 1.07 bits per heavy atom. The number of rotatable bonds is 11. The molecule has 244 valence electrons. The molecule has 46 heavy (non-hydrogen) atoms. The quantitative estimate of drug-likeness (QED) is 0.181. The van der Waals surface area contributed by atoms with E-state index < -0.39 is 37.7 Å². The molecule has 0 aliphatic carbocycles. The highest BCUT2D eigenvalue weighted by Crippen LogP contribution is 2.23. The number of nitrogens with two attached hydrogens (primary N) is 1. The number of anilines is 2. The van der Waals surface area contributed by atoms with Crippen LogP contribution in [0.15, 0.2) is 97.1 Å². The molecule has 0 saturated heterocycles. The van der Waals surface area contributed by atoms with Crippen LogP contribution in [-0.4, -0.2) is 54.8 Å². The Hall–Kier alpha value is -4.66. The van der Waals surface area contributed by atoms with E-state index in [0.29, 0.717) is 11.4 Å². The van der Waals surface area contributed by atoms with Crippen LogP contribution < -0.4 is 14.3 Å². The van der Waals surface area contributed by atoms with Crippen LogP contribution >= 0.6 is 0 Å². The van der Waals surface area contributed by atoms with Crippen LogP contribution in [0.25, 0.3) is 0 Å². The van der Waals surface area contributed by atoms with Gasteiger partial charge in [-0.3, -0.25) is 13.4 Å². The summed E-state index contributed by atoms with van der Waals surface area (Å²) >= 11 is 0. The molecule has 2 N–H and O–H groups in total. The van der Waals surface area contributed by atoms with Crippen molar-refractivity contribution < 1.29 is 39.9 Å². The van der Waals surface area contributed by atoms with Crippen LogP contribution in [0.2, 0.25) is 0 Å². The number of para-hydroxylation sites is 2. The lowest BCUT2D eigenvalue weighted by atomic mass is 10.1. The zero-order valence-corrected chi connectivity index (χ0v) is 26.9. The lowest BCUT2D eigenvalue weighted by Gasteiger charge is -2.22. The summed E-state index contributed by atoms with van der Waals surface area (Å²) < 4.78 is 83.1. The molecule has 0 spiro atoms. The van der Waals surface area contributed by atoms with Crippen LogP contribution in [0.3, 0.4) is 0 Å². The molecular formula is C32H33F2N3O7S2. The third-order valence-corrected chi connectivity index (χ3v) is 8.83. The summed E-state index contributed by atoms with van der Waals surface area (Å²) in [5.74, 6) is -2.34. The highest BCUT2D eigenvalue weighted by molar-refractivity contribution is 7.92. The lowest BCUT2D eigenvalue weighted by molar-refractivity contribution is 0.0600. The van der Waals surface area contributed by atoms with Gasteiger partial charge in [0.15, 0.2) is 5.78 Å². The molecule has 0 amide bonds. The van der Waals surface area contributed by atoms with Crippen molar-refractivity contribution in [1.29, 1.82) is 0 Å². The van der Waals surface area contributed by atoms with Gasteiger partial charge in [-0.1, -0.05) is 54.6 Å². The topological polar surface area (TPSA) is 144 Å². The minimum absolute atomic E-state index is 0.0689. The first kappa shape index (κ1) is 35.8. The van der Waals surface area contributed by atoms with Gasteiger partial charge in [-0.05, 0) is 42.5 Å². The zero-order valence-electron chi connectivity index (χ0n) is 25.3. The molecule has 4 aromatic carbocycles. The van der Waals surface area contributed by atoms with Crippen LogP contribution in [0.4, 0.5) is 20.2 Å². The Labute approximate surface area is 267 Å². The Balaban J connectivity index is 0.000000250. The van der Waals surface area contributed by atoms with Crippen molar-refractivity contribution in [1.82, 2.24) is 0 Å². The summed E-state index contributed by atoms with van der Waals surface area (Å²) in [6.45, 7) is -0.541. The van der Waals surface area contributed by atoms with Crippen LogP contribution in [0, 0.1) is 11.6 Å². The molecule has 0 aromatic heterocycles. The van der Waals surface area contributed by atoms with Crippen LogP contribution in [0.5, 0.6) is 0 Å². The molecule has 0 aliphatic heterocycles. The van der Waals surface area contributed by atoms with E-state index in [4.69, 9.17) is 5.73 Å². The normalized spacial score (nSPS) is 11.2. The maximum atomic E-state index is 14.2. The summed E-state index contributed by atoms with van der Waals surface area (Å²) in [4.78, 5) is 22.9. The molecule has 4 rings (SSSR count). The highest BCUT2D eigenvalue weighted by Gasteiger charge is 2.21. The summed E-state index contributed by atoms with van der Waals surface area (Å²) in [6, 6.07) is 24.6. The Morgan fingerprint density at radius 1 is 0.674 bits per heavy atom. The van der Waals surface area contributed by atoms with Crippen molar-refractivity contribution in [3.05, 3.63) is 131 Å². The SMILES string of the molecule is COC(=O)c1ccc(CN(c2ccccc2)S(C)(=O)=O)c(F)c1.CS(=O)(=O)N(Cc1ccc(C(=O)CN)cc1F)c1ccccc1. The molecular weight excluding hydrogens is 640 g/mol. The number of halogens is 2. The number of carbonyl (C=O) groups excluding carboxylic acids is 2. The zero-order chi connectivity index (χ0) is 34.1. The summed E-state index contributed by atoms with van der Waals surface area (Å²) in [5.41, 5.74) is 6.69. The number of carbonyl (C=O) groups is 2. The first-order valence-electron chi connectivity index (χ1n) is 13.6. The maximum Gasteiger partial charge on any atom is 0.337 e. The number of benzene rings is 4. The van der Waals surface area contributed by atoms with Gasteiger partial charge in [0.25, 0.3) is 0 Å². The maximum absolute atomic E-state index is 14.2. The highest BCUT2D eigenvalue weighted by atomic mass is 32.2. The van der Waals surface area contributed by atoms with Crippen LogP contribution in [-0.2, 0) is 37.9 Å². The third kappa shape index (κ3) is 9.67. The molecule has 0 fully saturated rings. The summed E-state index contributed by atoms with van der Waals surface area (Å²) in [5, 5.41) is 0. The van der Waals surface area contributed by atoms with Gasteiger partial charge in [0, 0.05) is 16.7 Å². The van der Waals surface area contributed by atoms with Crippen molar-refractivity contribution in [3.8, 4) is 0 Å². The molecule has 0 aliphatic rings. The average Bonchev–Trinajstić information content (AvgIpc) is 3.02. The third-order valence-electron chi connectivity index (χ3n) is 6.55. The number of esters is 1. The number of methoxy groups -OCH3 is 1. The van der Waals surface area contributed by atoms with Gasteiger partial charge >= 0.3 is 5.97 Å². The van der Waals surface area contributed by atoms with E-state index in [-0.39, 0.29) is 47.7 Å². The van der Waals surface area contributed by atoms with E-state index in [0.717, 1.165) is 33.3 Å². The lowest BCUT2D eigenvalue weighted by Crippen LogP contribution is -2.29. The van der Waals surface area contributed by atoms with Gasteiger partial charge in [-0.25, -0.2) is 30.4 Å². The Kier molecular flexibility index (Phi) is 12.1. The van der Waals surface area contributed by atoms with Gasteiger partial charge in [-0.2, -0.15) is 0 Å². The van der Waals surface area contributed by atoms with E-state index >= 15 is 0 Å². The predicted molar refractivity (Wildman–Crippen MR) is 172 cm³/mol. The number of ether oxygens (including phenoxy) is 1. The second-order valence-electron chi connectivity index (χ2n) is 9.94. The number of sulfonamides is 2. The molecule has 0 atom stereocenters. The number of nitrogens with zero attached hydrogens (tertiary/aromatic N) is 2. The Bertz CT molecular complexity index is 1750. The second-order valence-corrected chi connectivity index (χ2v) is 13.8. The average molecular weight is 674 g/mol. The van der Waals surface area contributed by atoms with E-state index in [2.05, 4.69) is 4.74 Å². The van der Waals surface area contributed by atoms with Crippen LogP contribution in [0.1, 0.15) is 31.8 Å². The molecule has 0 saturated carbocycles. The first-order valence-corrected chi connectivity index (χ1v) is 17.3. The fourth-order valence-electron chi connectivity index (χ4n) is 4.19. The standard InChI is InChI=1S/C16H17FN2O3S.C16H16FNO4S/c1-23(21,22)19(14-5-3-2-4-6-14)11-13-8-7-12(9-15(13)17)16(20)10-18;1-22-16(19)12-8-9-13(15(17)10-12)11-18(23(2,20)21)14-6-4-3-5-7-14/h2-9H,10-11,18H2,1H3;3-10H,11H2,1-2H3. The van der Waals surface area contributed by atoms with Crippen molar-refractivity contribution in [2.24, 2.45) is 5.73 Å². The first-order chi connectivity index (χ1) is 21.6. The number of Topliss-reactive ketones (excluding diaryl/α,β-unsaturated/α-hetero) is 1. The molecule has 14 heteroatoms. The fourth-order valence-corrected chi connectivity index (χ4v) is 5.94. The molecule has 4 aromatic rings. The number of ketones is 1. The van der Waals surface area contributed by atoms with Crippen molar-refractivity contribution >= 4 is 43.2 Å². The molecule has 0 bridgehead atoms. The van der Waals surface area contributed by atoms with Gasteiger partial charge < -0.3 is 10.5 Å². The van der Waals surface area contributed by atoms with Gasteiger partial charge in [0.05, 0.1) is 56.2 Å². The molecule has 0 heterocycles. The largest absolute Gasteiger partial charge is 0.465 e. The Morgan fingerprint density at radius 3 is 1.41 bits per heavy atom. The van der Waals surface area contributed by atoms with Crippen molar-refractivity contribution in [2.75, 3.05) is 34.8 Å². The van der Waals surface area contributed by atoms with E-state index in [9.17, 15) is 35.2 Å². The van der Waals surface area contributed by atoms with E-state index in [1.165, 1.54) is 31.4 Å². The van der Waals surface area contributed by atoms with Crippen molar-refractivity contribution in [3.63, 3.8) is 0 Å². The smallest absolute Gasteiger partial charge is 0.337 e. The van der Waals surface area contributed by atoms with Gasteiger partial charge in [0.2, 0.25) is 20.0 Å². The summed E-state index contributed by atoms with van der Waals surface area (Å²) in [7, 11) is -5.97. The fraction of sp³-hybridized carbons (Fsp3) is 0.188. The monoisotopic (exact) mass is 673 g/mol. The predicted octanol–water partition coefficient (Wildman–Crippen LogP) is 4.51. The number of hydrogen-bond donors (Lipinski definition) is 1. The molecule has 0 unspecified atom stereocenters.